The maximum atomic E-state index is 12.4. The molecule has 1 aromatic carbocycles. The van der Waals surface area contributed by atoms with Gasteiger partial charge >= 0.3 is 6.18 Å². The summed E-state index contributed by atoms with van der Waals surface area (Å²) in [5, 5.41) is 20.6. The normalized spacial score (nSPS) is 15.2. The van der Waals surface area contributed by atoms with E-state index < -0.39 is 28.0 Å². The van der Waals surface area contributed by atoms with E-state index in [0.29, 0.717) is 12.1 Å². The van der Waals surface area contributed by atoms with E-state index in [4.69, 9.17) is 5.73 Å². The van der Waals surface area contributed by atoms with Crippen LogP contribution in [0.3, 0.4) is 0 Å². The fraction of sp³-hybridized carbons (Fsp3) is 0.400. The highest BCUT2D eigenvalue weighted by Gasteiger charge is 2.36. The lowest BCUT2D eigenvalue weighted by molar-refractivity contribution is -0.386. The first-order valence-electron chi connectivity index (χ1n) is 4.88. The summed E-state index contributed by atoms with van der Waals surface area (Å²) in [5.74, 6) is 0. The summed E-state index contributed by atoms with van der Waals surface area (Å²) in [4.78, 5) is 9.77. The third kappa shape index (κ3) is 2.77. The van der Waals surface area contributed by atoms with Gasteiger partial charge in [-0.3, -0.25) is 10.1 Å². The van der Waals surface area contributed by atoms with Crippen LogP contribution in [-0.2, 0) is 11.8 Å². The molecule has 0 saturated carbocycles. The van der Waals surface area contributed by atoms with Crippen molar-refractivity contribution >= 4 is 5.69 Å². The van der Waals surface area contributed by atoms with Crippen LogP contribution in [-0.4, -0.2) is 16.6 Å². The molecule has 0 amide bonds. The molecule has 0 saturated heterocycles. The Kier molecular flexibility index (Phi) is 3.63. The lowest BCUT2D eigenvalue weighted by Gasteiger charge is -2.21. The molecule has 1 unspecified atom stereocenters. The Hall–Kier alpha value is -1.67. The molecule has 0 aromatic heterocycles. The number of nitro benzene ring substituents is 1. The first-order chi connectivity index (χ1) is 8.09. The van der Waals surface area contributed by atoms with E-state index in [0.717, 1.165) is 6.07 Å². The monoisotopic (exact) mass is 264 g/mol. The van der Waals surface area contributed by atoms with Crippen molar-refractivity contribution in [1.82, 2.24) is 0 Å². The average molecular weight is 264 g/mol. The zero-order chi connectivity index (χ0) is 14.1. The maximum Gasteiger partial charge on any atom is 0.416 e. The van der Waals surface area contributed by atoms with Crippen LogP contribution in [0.4, 0.5) is 18.9 Å². The van der Waals surface area contributed by atoms with E-state index in [1.807, 2.05) is 0 Å². The molecule has 3 N–H and O–H groups in total. The Labute approximate surface area is 100 Å². The van der Waals surface area contributed by atoms with Crippen molar-refractivity contribution in [3.05, 3.63) is 39.4 Å². The molecule has 5 nitrogen and oxygen atoms in total. The molecule has 0 spiro atoms. The Morgan fingerprint density at radius 2 is 2.00 bits per heavy atom. The number of benzene rings is 1. The minimum Gasteiger partial charge on any atom is -0.384 e. The number of aliphatic hydroxyl groups is 1. The number of nitrogens with zero attached hydrogens (tertiary/aromatic N) is 1. The first-order valence-corrected chi connectivity index (χ1v) is 4.88. The van der Waals surface area contributed by atoms with Crippen molar-refractivity contribution in [2.75, 3.05) is 6.54 Å². The molecule has 1 atom stereocenters. The van der Waals surface area contributed by atoms with Crippen LogP contribution in [0, 0.1) is 10.1 Å². The van der Waals surface area contributed by atoms with Gasteiger partial charge in [-0.05, 0) is 19.1 Å². The van der Waals surface area contributed by atoms with Gasteiger partial charge in [0.2, 0.25) is 0 Å². The maximum absolute atomic E-state index is 12.4. The second kappa shape index (κ2) is 4.54. The number of nitro groups is 1. The van der Waals surface area contributed by atoms with Gasteiger partial charge in [0.15, 0.2) is 0 Å². The van der Waals surface area contributed by atoms with Crippen molar-refractivity contribution in [3.8, 4) is 0 Å². The second-order valence-electron chi connectivity index (χ2n) is 3.96. The van der Waals surface area contributed by atoms with Crippen molar-refractivity contribution in [3.63, 3.8) is 0 Å². The van der Waals surface area contributed by atoms with Crippen molar-refractivity contribution in [1.29, 1.82) is 0 Å². The van der Waals surface area contributed by atoms with Crippen LogP contribution in [0.15, 0.2) is 18.2 Å². The number of alkyl halides is 3. The summed E-state index contributed by atoms with van der Waals surface area (Å²) in [6.07, 6.45) is -4.68. The van der Waals surface area contributed by atoms with Crippen LogP contribution in [0.25, 0.3) is 0 Å². The molecular weight excluding hydrogens is 253 g/mol. The van der Waals surface area contributed by atoms with Gasteiger partial charge in [-0.15, -0.1) is 0 Å². The van der Waals surface area contributed by atoms with Crippen LogP contribution in [0.5, 0.6) is 0 Å². The van der Waals surface area contributed by atoms with E-state index in [2.05, 4.69) is 0 Å². The summed E-state index contributed by atoms with van der Waals surface area (Å²) in [6.45, 7) is 0.849. The van der Waals surface area contributed by atoms with Gasteiger partial charge in [-0.1, -0.05) is 0 Å². The topological polar surface area (TPSA) is 89.4 Å². The Bertz CT molecular complexity index is 472. The molecule has 0 aliphatic rings. The van der Waals surface area contributed by atoms with Gasteiger partial charge in [0.1, 0.15) is 5.60 Å². The molecule has 0 heterocycles. The highest BCUT2D eigenvalue weighted by molar-refractivity contribution is 5.47. The minimum atomic E-state index is -4.68. The standard InChI is InChI=1S/C10H11F3N2O3/c1-9(16,5-14)7-3-2-6(10(11,12)13)4-8(7)15(17)18/h2-4,16H,5,14H2,1H3. The SMILES string of the molecule is CC(O)(CN)c1ccc(C(F)(F)F)cc1[N+](=O)[O-]. The Morgan fingerprint density at radius 3 is 2.39 bits per heavy atom. The highest BCUT2D eigenvalue weighted by Crippen LogP contribution is 2.36. The van der Waals surface area contributed by atoms with E-state index in [1.165, 1.54) is 6.92 Å². The third-order valence-electron chi connectivity index (χ3n) is 2.50. The van der Waals surface area contributed by atoms with E-state index in [-0.39, 0.29) is 12.1 Å². The van der Waals surface area contributed by atoms with E-state index in [9.17, 15) is 28.4 Å². The van der Waals surface area contributed by atoms with Crippen LogP contribution < -0.4 is 5.73 Å². The third-order valence-corrected chi connectivity index (χ3v) is 2.50. The van der Waals surface area contributed by atoms with Crippen molar-refractivity contribution < 1.29 is 23.2 Å². The summed E-state index contributed by atoms with van der Waals surface area (Å²) in [6, 6.07) is 1.93. The summed E-state index contributed by atoms with van der Waals surface area (Å²) >= 11 is 0. The summed E-state index contributed by atoms with van der Waals surface area (Å²) < 4.78 is 37.3. The summed E-state index contributed by atoms with van der Waals surface area (Å²) in [7, 11) is 0. The number of rotatable bonds is 3. The number of hydrogen-bond acceptors (Lipinski definition) is 4. The fourth-order valence-electron chi connectivity index (χ4n) is 1.42. The lowest BCUT2D eigenvalue weighted by atomic mass is 9.93. The molecule has 100 valence electrons. The van der Waals surface area contributed by atoms with E-state index >= 15 is 0 Å². The minimum absolute atomic E-state index is 0.247. The van der Waals surface area contributed by atoms with Crippen LogP contribution in [0.2, 0.25) is 0 Å². The van der Waals surface area contributed by atoms with Gasteiger partial charge in [-0.2, -0.15) is 13.2 Å². The van der Waals surface area contributed by atoms with Crippen molar-refractivity contribution in [2.45, 2.75) is 18.7 Å². The van der Waals surface area contributed by atoms with Crippen LogP contribution in [0.1, 0.15) is 18.1 Å². The predicted molar refractivity (Wildman–Crippen MR) is 56.7 cm³/mol. The summed E-state index contributed by atoms with van der Waals surface area (Å²) in [5.41, 5.74) is 1.28. The molecule has 1 aromatic rings. The molecule has 8 heteroatoms. The molecule has 0 fully saturated rings. The second-order valence-corrected chi connectivity index (χ2v) is 3.96. The number of halogens is 3. The van der Waals surface area contributed by atoms with Gasteiger partial charge in [0.25, 0.3) is 5.69 Å². The van der Waals surface area contributed by atoms with Gasteiger partial charge < -0.3 is 10.8 Å². The molecule has 0 radical (unpaired) electrons. The quantitative estimate of drug-likeness (QED) is 0.643. The molecule has 0 aliphatic heterocycles. The first kappa shape index (κ1) is 14.4. The van der Waals surface area contributed by atoms with E-state index in [1.54, 1.807) is 0 Å². The average Bonchev–Trinajstić information content (AvgIpc) is 2.27. The fourth-order valence-corrected chi connectivity index (χ4v) is 1.42. The Morgan fingerprint density at radius 1 is 1.44 bits per heavy atom. The molecular formula is C10H11F3N2O3. The molecule has 0 aliphatic carbocycles. The smallest absolute Gasteiger partial charge is 0.384 e. The Balaban J connectivity index is 3.44. The molecule has 18 heavy (non-hydrogen) atoms. The molecule has 0 bridgehead atoms. The predicted octanol–water partition coefficient (Wildman–Crippen LogP) is 1.78. The highest BCUT2D eigenvalue weighted by atomic mass is 19.4. The van der Waals surface area contributed by atoms with Crippen molar-refractivity contribution in [2.24, 2.45) is 5.73 Å². The number of nitrogens with two attached hydrogens (primary N) is 1. The largest absolute Gasteiger partial charge is 0.416 e. The zero-order valence-electron chi connectivity index (χ0n) is 9.36. The lowest BCUT2D eigenvalue weighted by Crippen LogP contribution is -2.32. The van der Waals surface area contributed by atoms with Gasteiger partial charge in [-0.25, -0.2) is 0 Å². The van der Waals surface area contributed by atoms with Gasteiger partial charge in [0.05, 0.1) is 16.1 Å². The molecule has 1 rings (SSSR count). The zero-order valence-corrected chi connectivity index (χ0v) is 9.36. The van der Waals surface area contributed by atoms with Crippen LogP contribution >= 0.6 is 0 Å². The number of hydrogen-bond donors (Lipinski definition) is 2. The van der Waals surface area contributed by atoms with Gasteiger partial charge in [0, 0.05) is 12.6 Å².